The summed E-state index contributed by atoms with van der Waals surface area (Å²) in [4.78, 5) is 25.0. The van der Waals surface area contributed by atoms with Crippen LogP contribution in [0.5, 0.6) is 0 Å². The van der Waals surface area contributed by atoms with Gasteiger partial charge in [-0.15, -0.1) is 0 Å². The van der Waals surface area contributed by atoms with Gasteiger partial charge in [0.15, 0.2) is 5.78 Å². The van der Waals surface area contributed by atoms with E-state index in [1.54, 1.807) is 0 Å². The van der Waals surface area contributed by atoms with Crippen molar-refractivity contribution in [2.45, 2.75) is 65.2 Å². The smallest absolute Gasteiger partial charge is 0.161 e. The number of hydrogen-bond donors (Lipinski definition) is 0. The molecule has 4 fully saturated rings. The minimum absolute atomic E-state index is 0.0490. The molecule has 0 aromatic rings. The van der Waals surface area contributed by atoms with E-state index in [2.05, 4.69) is 20.4 Å². The lowest BCUT2D eigenvalue weighted by atomic mass is 9.45. The average molecular weight is 300 g/mol. The maximum Gasteiger partial charge on any atom is 0.161 e. The molecule has 4 aliphatic rings. The number of carbonyl (C=O) groups is 2. The molecule has 2 heteroatoms. The van der Waals surface area contributed by atoms with Crippen molar-refractivity contribution in [1.82, 2.24) is 0 Å². The molecule has 0 aliphatic heterocycles. The molecule has 4 rings (SSSR count). The summed E-state index contributed by atoms with van der Waals surface area (Å²) < 4.78 is 0. The van der Waals surface area contributed by atoms with Gasteiger partial charge in [-0.2, -0.15) is 0 Å². The second kappa shape index (κ2) is 4.55. The molecule has 4 saturated carbocycles. The zero-order chi connectivity index (χ0) is 15.7. The van der Waals surface area contributed by atoms with E-state index in [4.69, 9.17) is 0 Å². The van der Waals surface area contributed by atoms with Gasteiger partial charge in [-0.05, 0) is 73.7 Å². The number of rotatable bonds is 0. The molecule has 0 aromatic carbocycles. The zero-order valence-corrected chi connectivity index (χ0v) is 14.0. The first-order valence-electron chi connectivity index (χ1n) is 9.13. The molecule has 0 aromatic heterocycles. The molecule has 2 nitrogen and oxygen atoms in total. The molecule has 0 radical (unpaired) electrons. The summed E-state index contributed by atoms with van der Waals surface area (Å²) in [6, 6.07) is 0. The molecule has 6 atom stereocenters. The Balaban J connectivity index is 1.68. The Bertz CT molecular complexity index is 562. The SMILES string of the molecule is C=C1CC[C@@]2(C)C(CC[C@@H]3[C@H]2CC[C@]2(C)C(=O)CC[C@@H]32)C1=O. The van der Waals surface area contributed by atoms with E-state index in [1.165, 1.54) is 0 Å². The lowest BCUT2D eigenvalue weighted by Gasteiger charge is -2.59. The summed E-state index contributed by atoms with van der Waals surface area (Å²) in [6.07, 6.45) is 8.27. The Hall–Kier alpha value is -0.920. The molecule has 120 valence electrons. The van der Waals surface area contributed by atoms with E-state index < -0.39 is 0 Å². The van der Waals surface area contributed by atoms with Crippen molar-refractivity contribution in [3.63, 3.8) is 0 Å². The van der Waals surface area contributed by atoms with Crippen molar-refractivity contribution in [2.75, 3.05) is 0 Å². The number of allylic oxidation sites excluding steroid dienone is 1. The molecule has 0 amide bonds. The fourth-order valence-electron chi connectivity index (χ4n) is 6.81. The van der Waals surface area contributed by atoms with Crippen molar-refractivity contribution in [1.29, 1.82) is 0 Å². The van der Waals surface area contributed by atoms with E-state index >= 15 is 0 Å². The van der Waals surface area contributed by atoms with Crippen LogP contribution < -0.4 is 0 Å². The summed E-state index contributed by atoms with van der Waals surface area (Å²) >= 11 is 0. The number of hydrogen-bond acceptors (Lipinski definition) is 2. The maximum absolute atomic E-state index is 12.6. The summed E-state index contributed by atoms with van der Waals surface area (Å²) in [5.41, 5.74) is 0.971. The van der Waals surface area contributed by atoms with Crippen LogP contribution in [0.4, 0.5) is 0 Å². The molecule has 4 aliphatic carbocycles. The quantitative estimate of drug-likeness (QED) is 0.624. The highest BCUT2D eigenvalue weighted by Gasteiger charge is 2.61. The zero-order valence-electron chi connectivity index (χ0n) is 14.0. The largest absolute Gasteiger partial charge is 0.299 e. The van der Waals surface area contributed by atoms with Gasteiger partial charge in [0.25, 0.3) is 0 Å². The Morgan fingerprint density at radius 1 is 0.955 bits per heavy atom. The van der Waals surface area contributed by atoms with Crippen LogP contribution in [-0.4, -0.2) is 11.6 Å². The molecule has 0 bridgehead atoms. The van der Waals surface area contributed by atoms with Gasteiger partial charge in [0.2, 0.25) is 0 Å². The van der Waals surface area contributed by atoms with Gasteiger partial charge in [-0.3, -0.25) is 9.59 Å². The first-order chi connectivity index (χ1) is 10.4. The van der Waals surface area contributed by atoms with Crippen LogP contribution in [0.15, 0.2) is 12.2 Å². The van der Waals surface area contributed by atoms with E-state index in [1.807, 2.05) is 0 Å². The second-order valence-corrected chi connectivity index (χ2v) is 8.90. The number of Topliss-reactive ketones (excluding diaryl/α,β-unsaturated/α-hetero) is 2. The van der Waals surface area contributed by atoms with Crippen LogP contribution in [0, 0.1) is 34.5 Å². The van der Waals surface area contributed by atoms with Crippen LogP contribution in [0.1, 0.15) is 65.2 Å². The number of fused-ring (bicyclic) bond motifs is 5. The maximum atomic E-state index is 12.6. The van der Waals surface area contributed by atoms with Crippen molar-refractivity contribution >= 4 is 11.6 Å². The van der Waals surface area contributed by atoms with Crippen LogP contribution in [-0.2, 0) is 9.59 Å². The molecule has 1 unspecified atom stereocenters. The Labute approximate surface area is 133 Å². The van der Waals surface area contributed by atoms with E-state index in [0.29, 0.717) is 29.3 Å². The molecule has 0 spiro atoms. The molecule has 0 heterocycles. The number of carbonyl (C=O) groups excluding carboxylic acids is 2. The monoisotopic (exact) mass is 300 g/mol. The Kier molecular flexibility index (Phi) is 3.03. The minimum atomic E-state index is -0.0490. The van der Waals surface area contributed by atoms with Gasteiger partial charge in [0.05, 0.1) is 0 Å². The third-order valence-electron chi connectivity index (χ3n) is 8.21. The van der Waals surface area contributed by atoms with Crippen LogP contribution >= 0.6 is 0 Å². The van der Waals surface area contributed by atoms with Gasteiger partial charge in [0.1, 0.15) is 5.78 Å². The van der Waals surface area contributed by atoms with E-state index in [0.717, 1.165) is 56.9 Å². The lowest BCUT2D eigenvalue weighted by Crippen LogP contribution is -2.55. The predicted octanol–water partition coefficient (Wildman–Crippen LogP) is 4.33. The third kappa shape index (κ3) is 1.67. The van der Waals surface area contributed by atoms with Crippen molar-refractivity contribution < 1.29 is 9.59 Å². The van der Waals surface area contributed by atoms with Gasteiger partial charge in [-0.25, -0.2) is 0 Å². The highest BCUT2D eigenvalue weighted by molar-refractivity contribution is 5.98. The van der Waals surface area contributed by atoms with Crippen LogP contribution in [0.2, 0.25) is 0 Å². The summed E-state index contributed by atoms with van der Waals surface area (Å²) in [5, 5.41) is 0. The highest BCUT2D eigenvalue weighted by Crippen LogP contribution is 2.65. The fraction of sp³-hybridized carbons (Fsp3) is 0.800. The first-order valence-corrected chi connectivity index (χ1v) is 9.13. The molecule has 0 saturated heterocycles. The standard InChI is InChI=1S/C20H28O2/c1-12-8-10-19(2)15-9-11-20(3)14(6-7-17(20)21)13(15)4-5-16(19)18(12)22/h13-16H,1,4-11H2,2-3H3/t13-,14-,15+,16?,19+,20-/m0/s1. The van der Waals surface area contributed by atoms with Gasteiger partial charge in [0, 0.05) is 17.8 Å². The topological polar surface area (TPSA) is 34.1 Å². The van der Waals surface area contributed by atoms with Crippen molar-refractivity contribution in [3.8, 4) is 0 Å². The molecular formula is C20H28O2. The minimum Gasteiger partial charge on any atom is -0.299 e. The first kappa shape index (κ1) is 14.7. The third-order valence-corrected chi connectivity index (χ3v) is 8.21. The Morgan fingerprint density at radius 2 is 1.73 bits per heavy atom. The van der Waals surface area contributed by atoms with Crippen molar-refractivity contribution in [2.24, 2.45) is 34.5 Å². The molecule has 0 N–H and O–H groups in total. The van der Waals surface area contributed by atoms with Crippen molar-refractivity contribution in [3.05, 3.63) is 12.2 Å². The van der Waals surface area contributed by atoms with Gasteiger partial charge in [-0.1, -0.05) is 20.4 Å². The van der Waals surface area contributed by atoms with Gasteiger partial charge < -0.3 is 0 Å². The van der Waals surface area contributed by atoms with E-state index in [9.17, 15) is 9.59 Å². The fourth-order valence-corrected chi connectivity index (χ4v) is 6.81. The Morgan fingerprint density at radius 3 is 2.50 bits per heavy atom. The highest BCUT2D eigenvalue weighted by atomic mass is 16.1. The van der Waals surface area contributed by atoms with Crippen LogP contribution in [0.25, 0.3) is 0 Å². The molecule has 22 heavy (non-hydrogen) atoms. The summed E-state index contributed by atoms with van der Waals surface area (Å²) in [5.74, 6) is 2.96. The second-order valence-electron chi connectivity index (χ2n) is 8.90. The molecular weight excluding hydrogens is 272 g/mol. The number of ketones is 2. The predicted molar refractivity (Wildman–Crippen MR) is 86.3 cm³/mol. The normalized spacial score (nSPS) is 51.3. The summed E-state index contributed by atoms with van der Waals surface area (Å²) in [6.45, 7) is 8.60. The summed E-state index contributed by atoms with van der Waals surface area (Å²) in [7, 11) is 0. The average Bonchev–Trinajstić information content (AvgIpc) is 2.79. The van der Waals surface area contributed by atoms with Gasteiger partial charge >= 0.3 is 0 Å². The van der Waals surface area contributed by atoms with E-state index in [-0.39, 0.29) is 16.7 Å². The van der Waals surface area contributed by atoms with Crippen LogP contribution in [0.3, 0.4) is 0 Å². The lowest BCUT2D eigenvalue weighted by molar-refractivity contribution is -0.147.